The molecule has 8 heteroatoms. The van der Waals surface area contributed by atoms with Crippen LogP contribution in [-0.2, 0) is 28.7 Å². The van der Waals surface area contributed by atoms with Gasteiger partial charge in [0.15, 0.2) is 0 Å². The quantitative estimate of drug-likeness (QED) is 0.117. The van der Waals surface area contributed by atoms with E-state index in [1.54, 1.807) is 0 Å². The van der Waals surface area contributed by atoms with Crippen LogP contribution in [0.2, 0.25) is 0 Å². The van der Waals surface area contributed by atoms with Gasteiger partial charge in [0.2, 0.25) is 0 Å². The van der Waals surface area contributed by atoms with Crippen LogP contribution < -0.4 is 0 Å². The summed E-state index contributed by atoms with van der Waals surface area (Å²) in [4.78, 5) is 51.1. The highest BCUT2D eigenvalue weighted by Crippen LogP contribution is 2.59. The normalized spacial score (nSPS) is 23.8. The maximum atomic E-state index is 13.3. The summed E-state index contributed by atoms with van der Waals surface area (Å²) in [5, 5.41) is 20.0. The average molecular weight is 801 g/mol. The molecule has 0 bridgehead atoms. The Morgan fingerprint density at radius 2 is 0.583 bits per heavy atom. The summed E-state index contributed by atoms with van der Waals surface area (Å²) < 4.78 is 11.7. The summed E-state index contributed by atoms with van der Waals surface area (Å²) in [5.74, 6) is -6.67. The van der Waals surface area contributed by atoms with Gasteiger partial charge < -0.3 is 19.7 Å². The van der Waals surface area contributed by atoms with E-state index in [9.17, 15) is 29.4 Å². The Kier molecular flexibility index (Phi) is 13.0. The van der Waals surface area contributed by atoms with Crippen LogP contribution in [0.15, 0.2) is 182 Å². The van der Waals surface area contributed by atoms with Crippen LogP contribution >= 0.6 is 0 Å². The van der Waals surface area contributed by atoms with Crippen molar-refractivity contribution in [1.29, 1.82) is 0 Å². The number of carboxylic acid groups (broad SMARTS) is 2. The van der Waals surface area contributed by atoms with Gasteiger partial charge in [-0.15, -0.1) is 0 Å². The van der Waals surface area contributed by atoms with Gasteiger partial charge in [0, 0.05) is 23.7 Å². The van der Waals surface area contributed by atoms with Crippen molar-refractivity contribution >= 4 is 23.9 Å². The number of carbonyl (C=O) groups excluding carboxylic acids is 2. The van der Waals surface area contributed by atoms with Gasteiger partial charge >= 0.3 is 23.9 Å². The molecule has 6 aromatic carbocycles. The predicted molar refractivity (Wildman–Crippen MR) is 228 cm³/mol. The average Bonchev–Trinajstić information content (AvgIpc) is 3.25. The summed E-state index contributed by atoms with van der Waals surface area (Å²) in [6.07, 6.45) is -0.814. The van der Waals surface area contributed by atoms with Crippen molar-refractivity contribution in [2.75, 3.05) is 0 Å². The van der Waals surface area contributed by atoms with Crippen LogP contribution in [0.4, 0.5) is 0 Å². The molecular formula is C52H48O8. The first-order chi connectivity index (χ1) is 29.2. The number of rotatable bonds is 12. The van der Waals surface area contributed by atoms with Crippen LogP contribution in [0.25, 0.3) is 0 Å². The lowest BCUT2D eigenvalue weighted by molar-refractivity contribution is -0.169. The van der Waals surface area contributed by atoms with E-state index >= 15 is 0 Å². The fourth-order valence-electron chi connectivity index (χ4n) is 9.15. The van der Waals surface area contributed by atoms with E-state index in [0.717, 1.165) is 33.4 Å². The molecule has 6 aromatic rings. The molecule has 0 aromatic heterocycles. The van der Waals surface area contributed by atoms with Crippen molar-refractivity contribution in [2.45, 2.75) is 49.7 Å². The van der Waals surface area contributed by atoms with Gasteiger partial charge in [-0.05, 0) is 47.2 Å². The predicted octanol–water partition coefficient (Wildman–Crippen LogP) is 10.4. The molecule has 0 unspecified atom stereocenters. The molecule has 2 fully saturated rings. The Balaban J connectivity index is 0.000000181. The van der Waals surface area contributed by atoms with E-state index in [1.807, 2.05) is 196 Å². The number of aliphatic carboxylic acids is 2. The van der Waals surface area contributed by atoms with E-state index in [-0.39, 0.29) is 11.9 Å². The van der Waals surface area contributed by atoms with Crippen LogP contribution in [-0.4, -0.2) is 34.1 Å². The zero-order chi connectivity index (χ0) is 42.2. The van der Waals surface area contributed by atoms with E-state index in [2.05, 4.69) is 0 Å². The van der Waals surface area contributed by atoms with Gasteiger partial charge in [-0.1, -0.05) is 182 Å². The molecule has 2 aliphatic carbocycles. The molecule has 0 radical (unpaired) electrons. The molecule has 2 N–H and O–H groups in total. The minimum atomic E-state index is -0.891. The molecule has 2 saturated carbocycles. The number of carboxylic acids is 2. The number of ether oxygens (including phenoxy) is 2. The van der Waals surface area contributed by atoms with Crippen molar-refractivity contribution in [3.05, 3.63) is 215 Å². The summed E-state index contributed by atoms with van der Waals surface area (Å²) in [6.45, 7) is 3.69. The lowest BCUT2D eigenvalue weighted by Crippen LogP contribution is -2.51. The molecule has 0 saturated heterocycles. The van der Waals surface area contributed by atoms with E-state index in [0.29, 0.717) is 0 Å². The van der Waals surface area contributed by atoms with Gasteiger partial charge in [-0.2, -0.15) is 0 Å². The maximum absolute atomic E-state index is 13.3. The molecule has 304 valence electrons. The Morgan fingerprint density at radius 3 is 0.800 bits per heavy atom. The highest BCUT2D eigenvalue weighted by molar-refractivity contribution is 5.85. The molecule has 0 spiro atoms. The molecule has 8 nitrogen and oxygen atoms in total. The van der Waals surface area contributed by atoms with Crippen molar-refractivity contribution in [2.24, 2.45) is 23.7 Å². The van der Waals surface area contributed by atoms with Crippen molar-refractivity contribution < 1.29 is 38.9 Å². The highest BCUT2D eigenvalue weighted by atomic mass is 16.5. The van der Waals surface area contributed by atoms with Gasteiger partial charge in [-0.3, -0.25) is 19.2 Å². The fraction of sp³-hybridized carbons (Fsp3) is 0.231. The number of hydrogen-bond acceptors (Lipinski definition) is 6. The first kappa shape index (κ1) is 41.4. The van der Waals surface area contributed by atoms with Crippen molar-refractivity contribution in [3.8, 4) is 0 Å². The molecule has 0 amide bonds. The summed E-state index contributed by atoms with van der Waals surface area (Å²) in [7, 11) is 0. The Morgan fingerprint density at radius 1 is 0.367 bits per heavy atom. The maximum Gasteiger partial charge on any atom is 0.310 e. The zero-order valence-corrected chi connectivity index (χ0v) is 33.4. The third kappa shape index (κ3) is 8.78. The third-order valence-corrected chi connectivity index (χ3v) is 12.1. The van der Waals surface area contributed by atoms with Gasteiger partial charge in [0.1, 0.15) is 12.2 Å². The molecular weight excluding hydrogens is 753 g/mol. The minimum absolute atomic E-state index is 0.355. The van der Waals surface area contributed by atoms with Crippen LogP contribution in [0.5, 0.6) is 0 Å². The van der Waals surface area contributed by atoms with Gasteiger partial charge in [-0.25, -0.2) is 0 Å². The first-order valence-electron chi connectivity index (χ1n) is 20.3. The molecule has 60 heavy (non-hydrogen) atoms. The fourth-order valence-corrected chi connectivity index (χ4v) is 9.15. The van der Waals surface area contributed by atoms with Gasteiger partial charge in [0.25, 0.3) is 0 Å². The number of carbonyl (C=O) groups is 4. The van der Waals surface area contributed by atoms with Crippen molar-refractivity contribution in [3.63, 3.8) is 0 Å². The topological polar surface area (TPSA) is 127 Å². The summed E-state index contributed by atoms with van der Waals surface area (Å²) >= 11 is 0. The van der Waals surface area contributed by atoms with E-state index in [4.69, 9.17) is 9.47 Å². The zero-order valence-electron chi connectivity index (χ0n) is 33.4. The van der Waals surface area contributed by atoms with Crippen LogP contribution in [0.1, 0.15) is 83.1 Å². The van der Waals surface area contributed by atoms with E-state index < -0.39 is 71.5 Å². The monoisotopic (exact) mass is 800 g/mol. The second-order valence-electron chi connectivity index (χ2n) is 15.5. The minimum Gasteiger partial charge on any atom is -0.481 e. The molecule has 0 heterocycles. The Bertz CT molecular complexity index is 2080. The lowest BCUT2D eigenvalue weighted by Gasteiger charge is -2.49. The molecule has 6 atom stereocenters. The lowest BCUT2D eigenvalue weighted by atomic mass is 9.52. The Hall–Kier alpha value is -6.80. The van der Waals surface area contributed by atoms with E-state index in [1.165, 1.54) is 0 Å². The van der Waals surface area contributed by atoms with Crippen LogP contribution in [0.3, 0.4) is 0 Å². The third-order valence-electron chi connectivity index (χ3n) is 12.1. The Labute approximate surface area is 350 Å². The van der Waals surface area contributed by atoms with Crippen LogP contribution in [0, 0.1) is 23.7 Å². The summed E-state index contributed by atoms with van der Waals surface area (Å²) in [5.41, 5.74) is 5.23. The van der Waals surface area contributed by atoms with Gasteiger partial charge in [0.05, 0.1) is 23.7 Å². The second-order valence-corrected chi connectivity index (χ2v) is 15.5. The first-order valence-corrected chi connectivity index (χ1v) is 20.3. The highest BCUT2D eigenvalue weighted by Gasteiger charge is 2.60. The SMILES string of the molecule is C[C@H](OC(=O)C1[C@@H](c2ccccc2)C(C(=O)O)[C@@H]1c1ccccc1)c1ccccc1.C[C@H](OC(=O)C1[C@H](c2ccccc2)C(C(=O)O)[C@H]1c1ccccc1)c1ccccc1. The summed E-state index contributed by atoms with van der Waals surface area (Å²) in [6, 6.07) is 56.8. The smallest absolute Gasteiger partial charge is 0.310 e. The molecule has 8 rings (SSSR count). The number of esters is 2. The standard InChI is InChI=1S/2C26H24O4/c2*1-17(18-11-5-2-6-12-18)30-26(29)24-21(19-13-7-3-8-14-19)23(25(27)28)22(24)20-15-9-4-10-16-20/h2*2-17,21-24H,1H3,(H,27,28)/t17-,21+,22+,23?,24?;17-,21-,22-,23?,24?/m00/s1. The number of hydrogen-bond donors (Lipinski definition) is 2. The van der Waals surface area contributed by atoms with Crippen molar-refractivity contribution in [1.82, 2.24) is 0 Å². The number of benzene rings is 6. The molecule has 0 aliphatic heterocycles. The largest absolute Gasteiger partial charge is 0.481 e. The second kappa shape index (κ2) is 18.9. The molecule has 2 aliphatic rings.